The fraction of sp³-hybridized carbons (Fsp3) is 0.120. The topological polar surface area (TPSA) is 75.8 Å². The minimum atomic E-state index is -0.486. The minimum Gasteiger partial charge on any atom is -0.304 e. The molecule has 1 amide bonds. The van der Waals surface area contributed by atoms with Gasteiger partial charge >= 0.3 is 0 Å². The number of fused-ring (bicyclic) bond motifs is 1. The normalized spacial score (nSPS) is 14.9. The molecule has 0 atom stereocenters. The molecule has 0 aliphatic carbocycles. The maximum atomic E-state index is 13.6. The number of benzodiazepines with no additional fused rings is 1. The highest BCUT2D eigenvalue weighted by Gasteiger charge is 2.30. The molecule has 0 radical (unpaired) electrons. The summed E-state index contributed by atoms with van der Waals surface area (Å²) >= 11 is 0. The molecule has 1 aliphatic heterocycles. The van der Waals surface area contributed by atoms with Crippen LogP contribution >= 0.6 is 0 Å². The molecule has 1 heterocycles. The Morgan fingerprint density at radius 3 is 2.44 bits per heavy atom. The number of nitro benzene ring substituents is 1. The van der Waals surface area contributed by atoms with Crippen LogP contribution in [-0.4, -0.2) is 22.6 Å². The second-order valence-corrected chi connectivity index (χ2v) is 7.64. The van der Waals surface area contributed by atoms with Gasteiger partial charge in [-0.25, -0.2) is 9.38 Å². The lowest BCUT2D eigenvalue weighted by Crippen LogP contribution is -2.37. The molecule has 32 heavy (non-hydrogen) atoms. The van der Waals surface area contributed by atoms with Crippen molar-refractivity contribution >= 4 is 29.1 Å². The highest BCUT2D eigenvalue weighted by atomic mass is 19.1. The van der Waals surface area contributed by atoms with Gasteiger partial charge in [-0.2, -0.15) is 0 Å². The minimum absolute atomic E-state index is 0.0767. The number of nitro groups is 1. The Morgan fingerprint density at radius 2 is 1.75 bits per heavy atom. The van der Waals surface area contributed by atoms with Crippen molar-refractivity contribution in [3.05, 3.63) is 111 Å². The monoisotopic (exact) mass is 429 g/mol. The fourth-order valence-electron chi connectivity index (χ4n) is 3.67. The Labute approximate surface area is 184 Å². The summed E-state index contributed by atoms with van der Waals surface area (Å²) in [6.07, 6.45) is 1.54. The van der Waals surface area contributed by atoms with Crippen LogP contribution in [0.15, 0.2) is 83.5 Å². The zero-order valence-electron chi connectivity index (χ0n) is 17.5. The van der Waals surface area contributed by atoms with Crippen molar-refractivity contribution in [1.29, 1.82) is 0 Å². The zero-order valence-corrected chi connectivity index (χ0v) is 17.5. The molecule has 3 aromatic carbocycles. The average Bonchev–Trinajstić information content (AvgIpc) is 2.89. The van der Waals surface area contributed by atoms with Crippen LogP contribution in [0.25, 0.3) is 6.08 Å². The molecule has 0 unspecified atom stereocenters. The number of anilines is 1. The van der Waals surface area contributed by atoms with Gasteiger partial charge in [-0.3, -0.25) is 14.9 Å². The van der Waals surface area contributed by atoms with Crippen molar-refractivity contribution < 1.29 is 14.1 Å². The van der Waals surface area contributed by atoms with E-state index in [1.165, 1.54) is 24.3 Å². The summed E-state index contributed by atoms with van der Waals surface area (Å²) in [5, 5.41) is 11.2. The number of hydrogen-bond acceptors (Lipinski definition) is 4. The summed E-state index contributed by atoms with van der Waals surface area (Å²) in [6.45, 7) is 3.81. The number of carbonyl (C=O) groups is 1. The van der Waals surface area contributed by atoms with Crippen LogP contribution in [0.5, 0.6) is 0 Å². The maximum Gasteiger partial charge on any atom is 0.277 e. The standard InChI is InChI=1S/C25H20FN3O3/c1-16(2)28-23-9-4-3-8-21(23)24(18-10-12-19(26)13-11-18)27-22(25(28)30)15-17-6-5-7-20(14-17)29(31)32/h3-16H,1-2H3/b22-15-. The summed E-state index contributed by atoms with van der Waals surface area (Å²) in [5.41, 5.74) is 3.15. The van der Waals surface area contributed by atoms with Crippen LogP contribution in [0.4, 0.5) is 15.8 Å². The van der Waals surface area contributed by atoms with E-state index < -0.39 is 4.92 Å². The van der Waals surface area contributed by atoms with E-state index in [1.54, 1.807) is 35.2 Å². The van der Waals surface area contributed by atoms with Gasteiger partial charge in [-0.15, -0.1) is 0 Å². The van der Waals surface area contributed by atoms with E-state index in [2.05, 4.69) is 0 Å². The van der Waals surface area contributed by atoms with E-state index in [1.807, 2.05) is 38.1 Å². The second kappa shape index (κ2) is 8.55. The Morgan fingerprint density at radius 1 is 1.03 bits per heavy atom. The van der Waals surface area contributed by atoms with Gasteiger partial charge in [-0.1, -0.05) is 30.3 Å². The van der Waals surface area contributed by atoms with Crippen LogP contribution < -0.4 is 4.90 Å². The quantitative estimate of drug-likeness (QED) is 0.318. The molecule has 7 heteroatoms. The van der Waals surface area contributed by atoms with Gasteiger partial charge in [0.2, 0.25) is 0 Å². The highest BCUT2D eigenvalue weighted by molar-refractivity contribution is 6.23. The van der Waals surface area contributed by atoms with Gasteiger partial charge in [0.05, 0.1) is 16.3 Å². The number of non-ortho nitro benzene ring substituents is 1. The Balaban J connectivity index is 1.96. The smallest absolute Gasteiger partial charge is 0.277 e. The molecular weight excluding hydrogens is 409 g/mol. The van der Waals surface area contributed by atoms with Crippen LogP contribution in [0, 0.1) is 15.9 Å². The summed E-state index contributed by atoms with van der Waals surface area (Å²) in [4.78, 5) is 30.6. The third-order valence-electron chi connectivity index (χ3n) is 5.11. The predicted octanol–water partition coefficient (Wildman–Crippen LogP) is 5.37. The number of benzene rings is 3. The SMILES string of the molecule is CC(C)N1C(=O)/C(=C/c2cccc([N+](=O)[O-])c2)N=C(c2ccc(F)cc2)c2ccccc21. The number of halogens is 1. The summed E-state index contributed by atoms with van der Waals surface area (Å²) in [5.74, 6) is -0.695. The van der Waals surface area contributed by atoms with Gasteiger partial charge < -0.3 is 4.90 Å². The number of hydrogen-bond donors (Lipinski definition) is 0. The van der Waals surface area contributed by atoms with E-state index in [0.29, 0.717) is 22.5 Å². The summed E-state index contributed by atoms with van der Waals surface area (Å²) in [6, 6.07) is 19.2. The first kappa shape index (κ1) is 21.1. The third kappa shape index (κ3) is 4.05. The lowest BCUT2D eigenvalue weighted by atomic mass is 10.00. The van der Waals surface area contributed by atoms with Crippen molar-refractivity contribution in [3.8, 4) is 0 Å². The molecule has 6 nitrogen and oxygen atoms in total. The largest absolute Gasteiger partial charge is 0.304 e. The number of carbonyl (C=O) groups excluding carboxylic acids is 1. The molecule has 1 aliphatic rings. The lowest BCUT2D eigenvalue weighted by molar-refractivity contribution is -0.384. The predicted molar refractivity (Wildman–Crippen MR) is 122 cm³/mol. The van der Waals surface area contributed by atoms with Crippen LogP contribution in [0.2, 0.25) is 0 Å². The van der Waals surface area contributed by atoms with Crippen LogP contribution in [0.3, 0.4) is 0 Å². The first-order valence-corrected chi connectivity index (χ1v) is 10.1. The number of nitrogens with zero attached hydrogens (tertiary/aromatic N) is 3. The number of para-hydroxylation sites is 1. The molecule has 0 saturated carbocycles. The van der Waals surface area contributed by atoms with Crippen molar-refractivity contribution in [2.45, 2.75) is 19.9 Å². The molecule has 0 spiro atoms. The van der Waals surface area contributed by atoms with Crippen LogP contribution in [0.1, 0.15) is 30.5 Å². The molecule has 0 bridgehead atoms. The molecule has 3 aromatic rings. The first-order chi connectivity index (χ1) is 15.3. The molecule has 4 rings (SSSR count). The van der Waals surface area contributed by atoms with E-state index in [9.17, 15) is 19.3 Å². The third-order valence-corrected chi connectivity index (χ3v) is 5.11. The van der Waals surface area contributed by atoms with Gasteiger partial charge in [0.15, 0.2) is 0 Å². The van der Waals surface area contributed by atoms with E-state index in [4.69, 9.17) is 4.99 Å². The summed E-state index contributed by atoms with van der Waals surface area (Å²) < 4.78 is 13.6. The average molecular weight is 429 g/mol. The number of aliphatic imine (C=N–C) groups is 1. The van der Waals surface area contributed by atoms with E-state index in [-0.39, 0.29) is 29.2 Å². The molecule has 0 N–H and O–H groups in total. The second-order valence-electron chi connectivity index (χ2n) is 7.64. The first-order valence-electron chi connectivity index (χ1n) is 10.1. The fourth-order valence-corrected chi connectivity index (χ4v) is 3.67. The van der Waals surface area contributed by atoms with Gasteiger partial charge in [0, 0.05) is 29.3 Å². The Kier molecular flexibility index (Phi) is 5.64. The highest BCUT2D eigenvalue weighted by Crippen LogP contribution is 2.32. The molecule has 0 saturated heterocycles. The summed E-state index contributed by atoms with van der Waals surface area (Å²) in [7, 11) is 0. The number of rotatable bonds is 4. The van der Waals surface area contributed by atoms with Crippen molar-refractivity contribution in [2.24, 2.45) is 4.99 Å². The van der Waals surface area contributed by atoms with Crippen molar-refractivity contribution in [1.82, 2.24) is 0 Å². The maximum absolute atomic E-state index is 13.6. The number of amides is 1. The Bertz CT molecular complexity index is 1260. The molecule has 0 fully saturated rings. The van der Waals surface area contributed by atoms with Gasteiger partial charge in [0.25, 0.3) is 11.6 Å². The molecule has 0 aromatic heterocycles. The van der Waals surface area contributed by atoms with Gasteiger partial charge in [-0.05, 0) is 55.8 Å². The van der Waals surface area contributed by atoms with Crippen molar-refractivity contribution in [2.75, 3.05) is 4.90 Å². The lowest BCUT2D eigenvalue weighted by Gasteiger charge is -2.27. The van der Waals surface area contributed by atoms with E-state index >= 15 is 0 Å². The van der Waals surface area contributed by atoms with E-state index in [0.717, 1.165) is 5.56 Å². The molecular formula is C25H20FN3O3. The molecule has 160 valence electrons. The van der Waals surface area contributed by atoms with Gasteiger partial charge in [0.1, 0.15) is 11.5 Å². The van der Waals surface area contributed by atoms with Crippen molar-refractivity contribution in [3.63, 3.8) is 0 Å². The zero-order chi connectivity index (χ0) is 22.8. The van der Waals surface area contributed by atoms with Crippen LogP contribution in [-0.2, 0) is 4.79 Å². The Hall–Kier alpha value is -4.13.